The summed E-state index contributed by atoms with van der Waals surface area (Å²) < 4.78 is 51.2. The minimum Gasteiger partial charge on any atom is -0.493 e. The number of sulfonamides is 1. The average molecular weight is 331 g/mol. The molecule has 0 amide bonds. The minimum absolute atomic E-state index is 0.166. The van der Waals surface area contributed by atoms with Gasteiger partial charge in [0.2, 0.25) is 10.0 Å². The SMILES string of the molecule is COc1cc(F)c(S(=O)(=O)N2C[C@H](C)C[C@H](C)C2)cc1OC. The van der Waals surface area contributed by atoms with Gasteiger partial charge in [-0.3, -0.25) is 0 Å². The van der Waals surface area contributed by atoms with Crippen LogP contribution in [0.4, 0.5) is 4.39 Å². The summed E-state index contributed by atoms with van der Waals surface area (Å²) in [6, 6.07) is 2.23. The Morgan fingerprint density at radius 3 is 2.09 bits per heavy atom. The summed E-state index contributed by atoms with van der Waals surface area (Å²) >= 11 is 0. The van der Waals surface area contributed by atoms with Gasteiger partial charge >= 0.3 is 0 Å². The maximum atomic E-state index is 14.3. The van der Waals surface area contributed by atoms with Gasteiger partial charge in [-0.15, -0.1) is 0 Å². The van der Waals surface area contributed by atoms with E-state index in [9.17, 15) is 12.8 Å². The van der Waals surface area contributed by atoms with Crippen molar-refractivity contribution in [3.63, 3.8) is 0 Å². The Morgan fingerprint density at radius 1 is 1.09 bits per heavy atom. The van der Waals surface area contributed by atoms with Crippen LogP contribution in [0.3, 0.4) is 0 Å². The Bertz CT molecular complexity index is 637. The Labute approximate surface area is 131 Å². The van der Waals surface area contributed by atoms with E-state index in [-0.39, 0.29) is 28.2 Å². The van der Waals surface area contributed by atoms with E-state index in [1.54, 1.807) is 0 Å². The van der Waals surface area contributed by atoms with Gasteiger partial charge in [0, 0.05) is 25.2 Å². The predicted octanol–water partition coefficient (Wildman–Crippen LogP) is 2.51. The molecule has 5 nitrogen and oxygen atoms in total. The maximum absolute atomic E-state index is 14.3. The van der Waals surface area contributed by atoms with Crippen molar-refractivity contribution in [1.29, 1.82) is 0 Å². The molecule has 2 rings (SSSR count). The third-order valence-corrected chi connectivity index (χ3v) is 5.74. The fourth-order valence-corrected chi connectivity index (χ4v) is 4.72. The van der Waals surface area contributed by atoms with Gasteiger partial charge in [0.05, 0.1) is 14.2 Å². The Kier molecular flexibility index (Phi) is 4.97. The molecule has 1 aromatic rings. The standard InChI is InChI=1S/C15H22FNO4S/c1-10-5-11(2)9-17(8-10)22(18,19)15-7-14(21-4)13(20-3)6-12(15)16/h6-7,10-11H,5,8-9H2,1-4H3/t10-,11+. The van der Waals surface area contributed by atoms with Crippen LogP contribution in [0.2, 0.25) is 0 Å². The highest BCUT2D eigenvalue weighted by molar-refractivity contribution is 7.89. The zero-order chi connectivity index (χ0) is 16.5. The Balaban J connectivity index is 2.45. The zero-order valence-electron chi connectivity index (χ0n) is 13.3. The molecule has 0 spiro atoms. The number of ether oxygens (including phenoxy) is 2. The van der Waals surface area contributed by atoms with Crippen LogP contribution < -0.4 is 9.47 Å². The fourth-order valence-electron chi connectivity index (χ4n) is 2.97. The van der Waals surface area contributed by atoms with E-state index in [1.807, 2.05) is 13.8 Å². The highest BCUT2D eigenvalue weighted by Crippen LogP contribution is 2.34. The number of methoxy groups -OCH3 is 2. The van der Waals surface area contributed by atoms with Crippen LogP contribution in [0.5, 0.6) is 11.5 Å². The van der Waals surface area contributed by atoms with Gasteiger partial charge in [-0.2, -0.15) is 4.31 Å². The summed E-state index contributed by atoms with van der Waals surface area (Å²) in [5.41, 5.74) is 0. The molecule has 0 radical (unpaired) electrons. The van der Waals surface area contributed by atoms with Crippen molar-refractivity contribution in [3.05, 3.63) is 17.9 Å². The molecule has 1 aliphatic heterocycles. The van der Waals surface area contributed by atoms with Crippen molar-refractivity contribution < 1.29 is 22.3 Å². The molecule has 0 bridgehead atoms. The lowest BCUT2D eigenvalue weighted by molar-refractivity contribution is 0.222. The topological polar surface area (TPSA) is 55.8 Å². The third-order valence-electron chi connectivity index (χ3n) is 3.89. The number of hydrogen-bond donors (Lipinski definition) is 0. The molecule has 1 aromatic carbocycles. The van der Waals surface area contributed by atoms with Gasteiger partial charge in [-0.25, -0.2) is 12.8 Å². The van der Waals surface area contributed by atoms with Crippen LogP contribution in [0.15, 0.2) is 17.0 Å². The lowest BCUT2D eigenvalue weighted by Gasteiger charge is -2.34. The van der Waals surface area contributed by atoms with Crippen molar-refractivity contribution in [2.45, 2.75) is 25.2 Å². The highest BCUT2D eigenvalue weighted by atomic mass is 32.2. The number of piperidine rings is 1. The molecular formula is C15H22FNO4S. The van der Waals surface area contributed by atoms with Gasteiger partial charge in [-0.05, 0) is 18.3 Å². The molecular weight excluding hydrogens is 309 g/mol. The first kappa shape index (κ1) is 17.0. The van der Waals surface area contributed by atoms with Crippen LogP contribution >= 0.6 is 0 Å². The van der Waals surface area contributed by atoms with E-state index in [2.05, 4.69) is 0 Å². The second-order valence-electron chi connectivity index (χ2n) is 5.91. The van der Waals surface area contributed by atoms with Crippen molar-refractivity contribution in [2.75, 3.05) is 27.3 Å². The summed E-state index contributed by atoms with van der Waals surface area (Å²) in [7, 11) is -1.13. The van der Waals surface area contributed by atoms with Gasteiger partial charge in [0.25, 0.3) is 0 Å². The average Bonchev–Trinajstić information content (AvgIpc) is 2.45. The summed E-state index contributed by atoms with van der Waals surface area (Å²) in [5.74, 6) is 0.0342. The molecule has 124 valence electrons. The van der Waals surface area contributed by atoms with Crippen LogP contribution in [0.1, 0.15) is 20.3 Å². The molecule has 7 heteroatoms. The normalized spacial score (nSPS) is 23.3. The minimum atomic E-state index is -3.89. The van der Waals surface area contributed by atoms with Crippen LogP contribution in [0, 0.1) is 17.7 Å². The summed E-state index contributed by atoms with van der Waals surface area (Å²) in [4.78, 5) is -0.369. The quantitative estimate of drug-likeness (QED) is 0.851. The largest absolute Gasteiger partial charge is 0.493 e. The first-order valence-electron chi connectivity index (χ1n) is 7.21. The second-order valence-corrected chi connectivity index (χ2v) is 7.81. The monoisotopic (exact) mass is 331 g/mol. The summed E-state index contributed by atoms with van der Waals surface area (Å²) in [6.45, 7) is 4.81. The summed E-state index contributed by atoms with van der Waals surface area (Å²) in [5, 5.41) is 0. The van der Waals surface area contributed by atoms with Crippen molar-refractivity contribution in [2.24, 2.45) is 11.8 Å². The maximum Gasteiger partial charge on any atom is 0.246 e. The predicted molar refractivity (Wildman–Crippen MR) is 81.2 cm³/mol. The molecule has 1 saturated heterocycles. The smallest absolute Gasteiger partial charge is 0.246 e. The Morgan fingerprint density at radius 2 is 1.59 bits per heavy atom. The third kappa shape index (κ3) is 3.20. The second kappa shape index (κ2) is 6.42. The van der Waals surface area contributed by atoms with Gasteiger partial charge in [0.1, 0.15) is 10.7 Å². The fraction of sp³-hybridized carbons (Fsp3) is 0.600. The van der Waals surface area contributed by atoms with E-state index in [1.165, 1.54) is 24.6 Å². The first-order chi connectivity index (χ1) is 10.3. The zero-order valence-corrected chi connectivity index (χ0v) is 14.1. The van der Waals surface area contributed by atoms with Crippen LogP contribution in [-0.2, 0) is 10.0 Å². The molecule has 22 heavy (non-hydrogen) atoms. The highest BCUT2D eigenvalue weighted by Gasteiger charge is 2.34. The van der Waals surface area contributed by atoms with Crippen molar-refractivity contribution in [3.8, 4) is 11.5 Å². The van der Waals surface area contributed by atoms with Crippen LogP contribution in [0.25, 0.3) is 0 Å². The molecule has 1 aliphatic rings. The first-order valence-corrected chi connectivity index (χ1v) is 8.65. The molecule has 0 N–H and O–H groups in total. The van der Waals surface area contributed by atoms with E-state index >= 15 is 0 Å². The summed E-state index contributed by atoms with van der Waals surface area (Å²) in [6.07, 6.45) is 0.973. The van der Waals surface area contributed by atoms with Crippen molar-refractivity contribution >= 4 is 10.0 Å². The molecule has 0 aromatic heterocycles. The molecule has 0 aliphatic carbocycles. The molecule has 0 saturated carbocycles. The van der Waals surface area contributed by atoms with Gasteiger partial charge < -0.3 is 9.47 Å². The number of halogens is 1. The van der Waals surface area contributed by atoms with E-state index in [4.69, 9.17) is 9.47 Å². The lowest BCUT2D eigenvalue weighted by Crippen LogP contribution is -2.42. The lowest BCUT2D eigenvalue weighted by atomic mass is 9.94. The molecule has 0 unspecified atom stereocenters. The Hall–Kier alpha value is -1.34. The number of rotatable bonds is 4. The van der Waals surface area contributed by atoms with Crippen LogP contribution in [-0.4, -0.2) is 40.0 Å². The number of hydrogen-bond acceptors (Lipinski definition) is 4. The van der Waals surface area contributed by atoms with Crippen molar-refractivity contribution in [1.82, 2.24) is 4.31 Å². The molecule has 1 heterocycles. The van der Waals surface area contributed by atoms with E-state index < -0.39 is 15.8 Å². The van der Waals surface area contributed by atoms with Gasteiger partial charge in [0.15, 0.2) is 11.5 Å². The molecule has 2 atom stereocenters. The van der Waals surface area contributed by atoms with Gasteiger partial charge in [-0.1, -0.05) is 13.8 Å². The van der Waals surface area contributed by atoms with E-state index in [0.717, 1.165) is 12.5 Å². The molecule has 1 fully saturated rings. The van der Waals surface area contributed by atoms with E-state index in [0.29, 0.717) is 13.1 Å². The number of nitrogens with zero attached hydrogens (tertiary/aromatic N) is 1. The number of benzene rings is 1.